The van der Waals surface area contributed by atoms with Crippen molar-refractivity contribution in [2.45, 2.75) is 6.92 Å². The zero-order valence-electron chi connectivity index (χ0n) is 15.9. The lowest BCUT2D eigenvalue weighted by molar-refractivity contribution is 0.202. The van der Waals surface area contributed by atoms with Crippen molar-refractivity contribution in [3.05, 3.63) is 77.2 Å². The van der Waals surface area contributed by atoms with Crippen LogP contribution in [0.4, 0.5) is 11.7 Å². The highest BCUT2D eigenvalue weighted by molar-refractivity contribution is 5.85. The van der Waals surface area contributed by atoms with Gasteiger partial charge in [-0.05, 0) is 30.7 Å². The van der Waals surface area contributed by atoms with E-state index in [0.29, 0.717) is 24.3 Å². The lowest BCUT2D eigenvalue weighted by atomic mass is 10.2. The molecule has 8 nitrogen and oxygen atoms in total. The number of nitrogens with one attached hydrogen (secondary N) is 1. The number of benzene rings is 1. The topological polar surface area (TPSA) is 89.2 Å². The third-order valence-corrected chi connectivity index (χ3v) is 4.31. The first kappa shape index (κ1) is 20.4. The van der Waals surface area contributed by atoms with Crippen molar-refractivity contribution < 1.29 is 9.15 Å². The van der Waals surface area contributed by atoms with Gasteiger partial charge in [0.15, 0.2) is 5.76 Å². The Labute approximate surface area is 173 Å². The van der Waals surface area contributed by atoms with E-state index in [2.05, 4.69) is 15.0 Å². The van der Waals surface area contributed by atoms with Crippen molar-refractivity contribution in [1.29, 1.82) is 0 Å². The molecule has 0 atom stereocenters. The molecule has 0 fully saturated rings. The van der Waals surface area contributed by atoms with Crippen LogP contribution in [-0.4, -0.2) is 33.4 Å². The maximum Gasteiger partial charge on any atom is 0.331 e. The summed E-state index contributed by atoms with van der Waals surface area (Å²) in [6, 6.07) is 11.9. The molecule has 9 heteroatoms. The van der Waals surface area contributed by atoms with E-state index in [9.17, 15) is 4.79 Å². The summed E-state index contributed by atoms with van der Waals surface area (Å²) in [5.74, 6) is 1.06. The Morgan fingerprint density at radius 2 is 2.07 bits per heavy atom. The molecule has 0 aliphatic rings. The number of hydrogen-bond acceptors (Lipinski definition) is 6. The predicted octanol–water partition coefficient (Wildman–Crippen LogP) is 3.69. The number of para-hydroxylation sites is 1. The first-order valence-corrected chi connectivity index (χ1v) is 8.68. The molecule has 0 saturated carbocycles. The van der Waals surface area contributed by atoms with Gasteiger partial charge in [0.05, 0.1) is 11.9 Å². The molecule has 4 aromatic rings. The Balaban J connectivity index is 0.00000240. The molecule has 0 bridgehead atoms. The highest BCUT2D eigenvalue weighted by atomic mass is 35.5. The number of H-pyrrole nitrogens is 1. The molecule has 4 rings (SSSR count). The summed E-state index contributed by atoms with van der Waals surface area (Å²) >= 11 is 0. The monoisotopic (exact) mass is 413 g/mol. The van der Waals surface area contributed by atoms with E-state index in [-0.39, 0.29) is 18.1 Å². The van der Waals surface area contributed by atoms with Crippen molar-refractivity contribution in [3.63, 3.8) is 0 Å². The van der Waals surface area contributed by atoms with E-state index in [1.807, 2.05) is 36.1 Å². The van der Waals surface area contributed by atoms with Crippen LogP contribution < -0.4 is 10.6 Å². The van der Waals surface area contributed by atoms with Gasteiger partial charge in [-0.2, -0.15) is 0 Å². The molecule has 0 amide bonds. The van der Waals surface area contributed by atoms with Crippen LogP contribution in [0.25, 0.3) is 17.1 Å². The number of aromatic nitrogens is 4. The van der Waals surface area contributed by atoms with Crippen LogP contribution in [0.3, 0.4) is 0 Å². The molecular weight excluding hydrogens is 394 g/mol. The molecule has 3 aromatic heterocycles. The van der Waals surface area contributed by atoms with E-state index >= 15 is 0 Å². The Kier molecular flexibility index (Phi) is 6.16. The number of aryl methyl sites for hydroxylation is 1. The van der Waals surface area contributed by atoms with Gasteiger partial charge in [0.1, 0.15) is 12.5 Å². The van der Waals surface area contributed by atoms with Gasteiger partial charge in [-0.1, -0.05) is 18.2 Å². The number of anilines is 2. The molecule has 0 unspecified atom stereocenters. The third kappa shape index (κ3) is 4.08. The number of nitrogens with zero attached hydrogens (tertiary/aromatic N) is 4. The second-order valence-electron chi connectivity index (χ2n) is 6.18. The van der Waals surface area contributed by atoms with Crippen LogP contribution in [0.5, 0.6) is 0 Å². The second kappa shape index (κ2) is 8.76. The minimum Gasteiger partial charge on any atom is -0.423 e. The highest BCUT2D eigenvalue weighted by Crippen LogP contribution is 2.31. The second-order valence-corrected chi connectivity index (χ2v) is 6.18. The van der Waals surface area contributed by atoms with Gasteiger partial charge < -0.3 is 14.1 Å². The zero-order valence-corrected chi connectivity index (χ0v) is 16.7. The quantitative estimate of drug-likeness (QED) is 0.485. The predicted molar refractivity (Wildman–Crippen MR) is 112 cm³/mol. The Hall–Kier alpha value is -3.36. The molecule has 0 spiro atoms. The maximum atomic E-state index is 11.8. The van der Waals surface area contributed by atoms with Gasteiger partial charge in [0.2, 0.25) is 0 Å². The normalized spacial score (nSPS) is 10.6. The Bertz CT molecular complexity index is 1150. The average Bonchev–Trinajstić information content (AvgIpc) is 3.36. The molecule has 3 heterocycles. The number of pyridine rings is 1. The minimum absolute atomic E-state index is 0. The molecule has 1 N–H and O–H groups in total. The van der Waals surface area contributed by atoms with Gasteiger partial charge in [-0.3, -0.25) is 9.47 Å². The van der Waals surface area contributed by atoms with Crippen molar-refractivity contribution in [1.82, 2.24) is 19.5 Å². The fourth-order valence-electron chi connectivity index (χ4n) is 2.95. The van der Waals surface area contributed by atoms with E-state index < -0.39 is 0 Å². The van der Waals surface area contributed by atoms with E-state index in [1.54, 1.807) is 44.0 Å². The van der Waals surface area contributed by atoms with Crippen LogP contribution in [0.15, 0.2) is 70.4 Å². The Morgan fingerprint density at radius 3 is 2.79 bits per heavy atom. The Morgan fingerprint density at radius 1 is 1.24 bits per heavy atom. The number of oxazole rings is 1. The van der Waals surface area contributed by atoms with Crippen LogP contribution in [-0.2, 0) is 4.74 Å². The van der Waals surface area contributed by atoms with E-state index in [4.69, 9.17) is 9.15 Å². The number of imidazole rings is 1. The molecular formula is C20H20ClN5O3. The smallest absolute Gasteiger partial charge is 0.331 e. The number of hydrogen-bond donors (Lipinski definition) is 1. The SMILES string of the molecule is COCN(c1ncc(-c2ccnc(-n3cc[nH]c3=O)c2)o1)c1ccccc1C.Cl. The zero-order chi connectivity index (χ0) is 19.5. The molecule has 150 valence electrons. The number of methoxy groups -OCH3 is 1. The summed E-state index contributed by atoms with van der Waals surface area (Å²) < 4.78 is 12.8. The van der Waals surface area contributed by atoms with Crippen molar-refractivity contribution in [3.8, 4) is 17.1 Å². The standard InChI is InChI=1S/C20H19N5O3.ClH/c1-14-5-3-4-6-16(14)25(13-27-2)20-23-12-17(28-20)15-7-8-21-18(11-15)24-10-9-22-19(24)26;/h3-12H,13H2,1-2H3,(H,22,26);1H. The van der Waals surface area contributed by atoms with Gasteiger partial charge in [-0.15, -0.1) is 12.4 Å². The first-order chi connectivity index (χ1) is 13.7. The molecule has 0 saturated heterocycles. The van der Waals surface area contributed by atoms with Gasteiger partial charge >= 0.3 is 11.7 Å². The van der Waals surface area contributed by atoms with Crippen molar-refractivity contribution >= 4 is 24.1 Å². The fraction of sp³-hybridized carbons (Fsp3) is 0.150. The van der Waals surface area contributed by atoms with Crippen LogP contribution in [0.1, 0.15) is 5.56 Å². The molecule has 0 aliphatic heterocycles. The summed E-state index contributed by atoms with van der Waals surface area (Å²) in [4.78, 5) is 25.0. The molecule has 1 aromatic carbocycles. The van der Waals surface area contributed by atoms with E-state index in [1.165, 1.54) is 4.57 Å². The summed E-state index contributed by atoms with van der Waals surface area (Å²) in [6.45, 7) is 2.32. The highest BCUT2D eigenvalue weighted by Gasteiger charge is 2.18. The van der Waals surface area contributed by atoms with Gasteiger partial charge in [-0.25, -0.2) is 14.8 Å². The lowest BCUT2D eigenvalue weighted by Crippen LogP contribution is -2.20. The average molecular weight is 414 g/mol. The van der Waals surface area contributed by atoms with Crippen molar-refractivity contribution in [2.75, 3.05) is 18.7 Å². The number of ether oxygens (including phenoxy) is 1. The molecule has 29 heavy (non-hydrogen) atoms. The summed E-state index contributed by atoms with van der Waals surface area (Å²) in [5, 5.41) is 0. The molecule has 0 aliphatic carbocycles. The third-order valence-electron chi connectivity index (χ3n) is 4.31. The van der Waals surface area contributed by atoms with Crippen molar-refractivity contribution in [2.24, 2.45) is 0 Å². The molecule has 0 radical (unpaired) electrons. The number of halogens is 1. The maximum absolute atomic E-state index is 11.8. The summed E-state index contributed by atoms with van der Waals surface area (Å²) in [7, 11) is 1.62. The minimum atomic E-state index is -0.256. The number of aromatic amines is 1. The van der Waals surface area contributed by atoms with Gasteiger partial charge in [0, 0.05) is 31.3 Å². The lowest BCUT2D eigenvalue weighted by Gasteiger charge is -2.21. The van der Waals surface area contributed by atoms with Gasteiger partial charge in [0.25, 0.3) is 0 Å². The largest absolute Gasteiger partial charge is 0.423 e. The first-order valence-electron chi connectivity index (χ1n) is 8.68. The number of rotatable bonds is 6. The summed E-state index contributed by atoms with van der Waals surface area (Å²) in [5.41, 5.74) is 2.54. The van der Waals surface area contributed by atoms with E-state index in [0.717, 1.165) is 16.8 Å². The fourth-order valence-corrected chi connectivity index (χ4v) is 2.95. The van der Waals surface area contributed by atoms with Crippen LogP contribution >= 0.6 is 12.4 Å². The van der Waals surface area contributed by atoms with Crippen LogP contribution in [0.2, 0.25) is 0 Å². The summed E-state index contributed by atoms with van der Waals surface area (Å²) in [6.07, 6.45) is 6.46. The van der Waals surface area contributed by atoms with Crippen LogP contribution in [0, 0.1) is 6.92 Å².